The van der Waals surface area contributed by atoms with Crippen LogP contribution in [0.15, 0.2) is 48.5 Å². The van der Waals surface area contributed by atoms with Gasteiger partial charge in [0.2, 0.25) is 5.91 Å². The van der Waals surface area contributed by atoms with E-state index in [1.165, 1.54) is 18.2 Å². The summed E-state index contributed by atoms with van der Waals surface area (Å²) in [5, 5.41) is 5.23. The Bertz CT molecular complexity index is 795. The van der Waals surface area contributed by atoms with Crippen molar-refractivity contribution in [2.45, 2.75) is 6.18 Å². The van der Waals surface area contributed by atoms with Crippen LogP contribution in [-0.2, 0) is 11.0 Å². The molecule has 2 aromatic carbocycles. The SMILES string of the molecule is O=C(CNC(=O)c1ccccc1Cl)NCCOc1ccc(C(F)(F)F)cc1. The van der Waals surface area contributed by atoms with Gasteiger partial charge in [0.25, 0.3) is 5.91 Å². The van der Waals surface area contributed by atoms with Crippen molar-refractivity contribution in [2.24, 2.45) is 0 Å². The topological polar surface area (TPSA) is 67.4 Å². The first-order chi connectivity index (χ1) is 12.8. The van der Waals surface area contributed by atoms with Gasteiger partial charge in [-0.1, -0.05) is 23.7 Å². The molecule has 2 amide bonds. The van der Waals surface area contributed by atoms with Gasteiger partial charge in [-0.25, -0.2) is 0 Å². The van der Waals surface area contributed by atoms with E-state index >= 15 is 0 Å². The molecule has 0 aliphatic rings. The van der Waals surface area contributed by atoms with Gasteiger partial charge in [0.05, 0.1) is 29.2 Å². The summed E-state index contributed by atoms with van der Waals surface area (Å²) >= 11 is 5.89. The monoisotopic (exact) mass is 400 g/mol. The average molecular weight is 401 g/mol. The summed E-state index contributed by atoms with van der Waals surface area (Å²) in [6, 6.07) is 10.7. The fourth-order valence-corrected chi connectivity index (χ4v) is 2.28. The Labute approximate surface area is 158 Å². The fraction of sp³-hybridized carbons (Fsp3) is 0.222. The molecule has 0 radical (unpaired) electrons. The maximum atomic E-state index is 12.4. The number of carbonyl (C=O) groups excluding carboxylic acids is 2. The number of amides is 2. The highest BCUT2D eigenvalue weighted by Gasteiger charge is 2.29. The van der Waals surface area contributed by atoms with Crippen LogP contribution in [0, 0.1) is 0 Å². The molecule has 2 aromatic rings. The maximum Gasteiger partial charge on any atom is 0.416 e. The lowest BCUT2D eigenvalue weighted by atomic mass is 10.2. The van der Waals surface area contributed by atoms with Crippen molar-refractivity contribution in [2.75, 3.05) is 19.7 Å². The molecule has 0 aliphatic heterocycles. The molecule has 0 saturated carbocycles. The molecular formula is C18H16ClF3N2O3. The van der Waals surface area contributed by atoms with E-state index in [9.17, 15) is 22.8 Å². The molecule has 144 valence electrons. The van der Waals surface area contributed by atoms with Crippen LogP contribution in [0.5, 0.6) is 5.75 Å². The predicted molar refractivity (Wildman–Crippen MR) is 93.7 cm³/mol. The third-order valence-electron chi connectivity index (χ3n) is 3.40. The van der Waals surface area contributed by atoms with Crippen LogP contribution in [0.25, 0.3) is 0 Å². The van der Waals surface area contributed by atoms with Gasteiger partial charge in [0.15, 0.2) is 0 Å². The van der Waals surface area contributed by atoms with Crippen molar-refractivity contribution in [1.82, 2.24) is 10.6 Å². The van der Waals surface area contributed by atoms with Crippen LogP contribution < -0.4 is 15.4 Å². The van der Waals surface area contributed by atoms with Crippen LogP contribution in [-0.4, -0.2) is 31.5 Å². The lowest BCUT2D eigenvalue weighted by Crippen LogP contribution is -2.38. The molecule has 0 heterocycles. The van der Waals surface area contributed by atoms with Gasteiger partial charge < -0.3 is 15.4 Å². The summed E-state index contributed by atoms with van der Waals surface area (Å²) < 4.78 is 42.6. The number of carbonyl (C=O) groups is 2. The maximum absolute atomic E-state index is 12.4. The zero-order valence-corrected chi connectivity index (χ0v) is 14.7. The standard InChI is InChI=1S/C18H16ClF3N2O3/c19-15-4-2-1-3-14(15)17(26)24-11-16(25)23-9-10-27-13-7-5-12(6-8-13)18(20,21)22/h1-8H,9-11H2,(H,23,25)(H,24,26). The molecule has 0 atom stereocenters. The molecule has 5 nitrogen and oxygen atoms in total. The molecule has 2 rings (SSSR count). The Morgan fingerprint density at radius 1 is 1.00 bits per heavy atom. The summed E-state index contributed by atoms with van der Waals surface area (Å²) in [4.78, 5) is 23.6. The Kier molecular flexibility index (Phi) is 7.06. The Morgan fingerprint density at radius 2 is 1.67 bits per heavy atom. The van der Waals surface area contributed by atoms with Gasteiger partial charge >= 0.3 is 6.18 Å². The molecule has 0 unspecified atom stereocenters. The average Bonchev–Trinajstić information content (AvgIpc) is 2.63. The van der Waals surface area contributed by atoms with Crippen LogP contribution in [0.2, 0.25) is 5.02 Å². The Morgan fingerprint density at radius 3 is 2.30 bits per heavy atom. The molecule has 0 spiro atoms. The second-order valence-electron chi connectivity index (χ2n) is 5.38. The lowest BCUT2D eigenvalue weighted by Gasteiger charge is -2.10. The summed E-state index contributed by atoms with van der Waals surface area (Å²) in [6.45, 7) is -0.0538. The van der Waals surface area contributed by atoms with E-state index in [1.54, 1.807) is 18.2 Å². The molecule has 27 heavy (non-hydrogen) atoms. The van der Waals surface area contributed by atoms with Crippen molar-refractivity contribution in [3.05, 3.63) is 64.7 Å². The highest BCUT2D eigenvalue weighted by molar-refractivity contribution is 6.33. The zero-order valence-electron chi connectivity index (χ0n) is 14.0. The first-order valence-electron chi connectivity index (χ1n) is 7.87. The molecule has 2 N–H and O–H groups in total. The van der Waals surface area contributed by atoms with Gasteiger partial charge in [0.1, 0.15) is 12.4 Å². The third kappa shape index (κ3) is 6.49. The molecule has 0 fully saturated rings. The normalized spacial score (nSPS) is 11.0. The fourth-order valence-electron chi connectivity index (χ4n) is 2.06. The van der Waals surface area contributed by atoms with Crippen LogP contribution >= 0.6 is 11.6 Å². The van der Waals surface area contributed by atoms with Crippen LogP contribution in [0.4, 0.5) is 13.2 Å². The molecule has 0 bridgehead atoms. The number of halogens is 4. The minimum Gasteiger partial charge on any atom is -0.492 e. The number of ether oxygens (including phenoxy) is 1. The molecule has 0 saturated heterocycles. The van der Waals surface area contributed by atoms with Gasteiger partial charge in [-0.05, 0) is 36.4 Å². The van der Waals surface area contributed by atoms with E-state index in [1.807, 2.05) is 0 Å². The van der Waals surface area contributed by atoms with E-state index in [4.69, 9.17) is 16.3 Å². The summed E-state index contributed by atoms with van der Waals surface area (Å²) in [6.07, 6.45) is -4.40. The number of hydrogen-bond donors (Lipinski definition) is 2. The molecule has 9 heteroatoms. The largest absolute Gasteiger partial charge is 0.492 e. The minimum absolute atomic E-state index is 0.0650. The van der Waals surface area contributed by atoms with E-state index in [2.05, 4.69) is 10.6 Å². The van der Waals surface area contributed by atoms with Crippen molar-refractivity contribution >= 4 is 23.4 Å². The van der Waals surface area contributed by atoms with Gasteiger partial charge in [-0.15, -0.1) is 0 Å². The smallest absolute Gasteiger partial charge is 0.416 e. The van der Waals surface area contributed by atoms with Gasteiger partial charge in [-0.2, -0.15) is 13.2 Å². The van der Waals surface area contributed by atoms with Crippen LogP contribution in [0.3, 0.4) is 0 Å². The predicted octanol–water partition coefficient (Wildman–Crippen LogP) is 3.28. The second kappa shape index (κ2) is 9.27. The van der Waals surface area contributed by atoms with Crippen LogP contribution in [0.1, 0.15) is 15.9 Å². The first kappa shape index (κ1) is 20.6. The number of alkyl halides is 3. The number of hydrogen-bond acceptors (Lipinski definition) is 3. The summed E-state index contributed by atoms with van der Waals surface area (Å²) in [5.74, 6) is -0.660. The van der Waals surface area contributed by atoms with Crippen molar-refractivity contribution < 1.29 is 27.5 Å². The van der Waals surface area contributed by atoms with Crippen molar-refractivity contribution in [1.29, 1.82) is 0 Å². The highest BCUT2D eigenvalue weighted by atomic mass is 35.5. The quantitative estimate of drug-likeness (QED) is 0.701. The van der Waals surface area contributed by atoms with Crippen molar-refractivity contribution in [3.63, 3.8) is 0 Å². The highest BCUT2D eigenvalue weighted by Crippen LogP contribution is 2.30. The van der Waals surface area contributed by atoms with E-state index < -0.39 is 23.6 Å². The number of benzene rings is 2. The number of rotatable bonds is 7. The van der Waals surface area contributed by atoms with E-state index in [0.29, 0.717) is 0 Å². The second-order valence-corrected chi connectivity index (χ2v) is 5.79. The van der Waals surface area contributed by atoms with Gasteiger partial charge in [-0.3, -0.25) is 9.59 Å². The number of nitrogens with one attached hydrogen (secondary N) is 2. The lowest BCUT2D eigenvalue weighted by molar-refractivity contribution is -0.137. The Hall–Kier alpha value is -2.74. The molecule has 0 aliphatic carbocycles. The molecule has 0 aromatic heterocycles. The van der Waals surface area contributed by atoms with E-state index in [0.717, 1.165) is 12.1 Å². The summed E-state index contributed by atoms with van der Waals surface area (Å²) in [7, 11) is 0. The van der Waals surface area contributed by atoms with E-state index in [-0.39, 0.29) is 36.0 Å². The zero-order chi connectivity index (χ0) is 19.9. The Balaban J connectivity index is 1.67. The third-order valence-corrected chi connectivity index (χ3v) is 3.73. The van der Waals surface area contributed by atoms with Crippen molar-refractivity contribution in [3.8, 4) is 5.75 Å². The minimum atomic E-state index is -4.40. The first-order valence-corrected chi connectivity index (χ1v) is 8.24. The molecular weight excluding hydrogens is 385 g/mol. The summed E-state index contributed by atoms with van der Waals surface area (Å²) in [5.41, 5.74) is -0.505. The van der Waals surface area contributed by atoms with Gasteiger partial charge in [0, 0.05) is 0 Å².